The van der Waals surface area contributed by atoms with Gasteiger partial charge < -0.3 is 9.72 Å². The molecule has 0 fully saturated rings. The van der Waals surface area contributed by atoms with E-state index in [0.717, 1.165) is 6.07 Å². The van der Waals surface area contributed by atoms with Gasteiger partial charge in [-0.3, -0.25) is 14.4 Å². The van der Waals surface area contributed by atoms with Gasteiger partial charge in [0.25, 0.3) is 5.56 Å². The number of ether oxygens (including phenoxy) is 1. The van der Waals surface area contributed by atoms with Gasteiger partial charge >= 0.3 is 5.97 Å². The van der Waals surface area contributed by atoms with Crippen molar-refractivity contribution in [3.8, 4) is 0 Å². The number of aromatic amines is 1. The van der Waals surface area contributed by atoms with Crippen molar-refractivity contribution in [3.63, 3.8) is 0 Å². The number of H-pyrrole nitrogens is 1. The molecule has 6 nitrogen and oxygen atoms in total. The predicted octanol–water partition coefficient (Wildman–Crippen LogP) is 2.81. The molecular weight excluding hydrogens is 351 g/mol. The highest BCUT2D eigenvalue weighted by molar-refractivity contribution is 5.97. The molecule has 0 atom stereocenters. The Morgan fingerprint density at radius 2 is 1.93 bits per heavy atom. The summed E-state index contributed by atoms with van der Waals surface area (Å²) in [6, 6.07) is 12.2. The van der Waals surface area contributed by atoms with Gasteiger partial charge in [0.2, 0.25) is 0 Å². The third kappa shape index (κ3) is 4.84. The molecule has 3 rings (SSSR count). The first-order valence-electron chi connectivity index (χ1n) is 8.45. The van der Waals surface area contributed by atoms with Crippen LogP contribution >= 0.6 is 0 Å². The van der Waals surface area contributed by atoms with Gasteiger partial charge in [0.1, 0.15) is 11.6 Å². The van der Waals surface area contributed by atoms with Crippen LogP contribution in [0.15, 0.2) is 53.3 Å². The molecule has 3 aromatic rings. The number of nitrogens with zero attached hydrogens (tertiary/aromatic N) is 1. The van der Waals surface area contributed by atoms with E-state index in [4.69, 9.17) is 4.74 Å². The van der Waals surface area contributed by atoms with Gasteiger partial charge in [0, 0.05) is 18.4 Å². The van der Waals surface area contributed by atoms with Gasteiger partial charge in [0.05, 0.1) is 10.9 Å². The van der Waals surface area contributed by atoms with Crippen molar-refractivity contribution < 1.29 is 18.7 Å². The molecule has 0 aliphatic heterocycles. The molecular formula is C20H17FN2O4. The Balaban J connectivity index is 1.48. The molecule has 0 radical (unpaired) electrons. The van der Waals surface area contributed by atoms with Crippen LogP contribution in [0.25, 0.3) is 10.9 Å². The molecule has 2 aromatic carbocycles. The summed E-state index contributed by atoms with van der Waals surface area (Å²) in [5, 5.41) is 0.511. The minimum atomic E-state index is -0.539. The summed E-state index contributed by atoms with van der Waals surface area (Å²) in [7, 11) is 0. The van der Waals surface area contributed by atoms with Gasteiger partial charge in [-0.1, -0.05) is 24.3 Å². The number of rotatable bonds is 7. The molecule has 0 saturated carbocycles. The second-order valence-corrected chi connectivity index (χ2v) is 5.98. The lowest BCUT2D eigenvalue weighted by Gasteiger charge is -2.05. The third-order valence-electron chi connectivity index (χ3n) is 3.97. The number of nitrogens with one attached hydrogen (secondary N) is 1. The Bertz CT molecular complexity index is 1050. The maximum atomic E-state index is 13.1. The Morgan fingerprint density at radius 1 is 1.11 bits per heavy atom. The fraction of sp³-hybridized carbons (Fsp3) is 0.200. The molecule has 138 valence electrons. The van der Waals surface area contributed by atoms with Crippen LogP contribution in [0.2, 0.25) is 0 Å². The lowest BCUT2D eigenvalue weighted by atomic mass is 10.1. The van der Waals surface area contributed by atoms with E-state index in [0.29, 0.717) is 29.6 Å². The highest BCUT2D eigenvalue weighted by Crippen LogP contribution is 2.08. The zero-order valence-electron chi connectivity index (χ0n) is 14.4. The lowest BCUT2D eigenvalue weighted by Crippen LogP contribution is -2.15. The largest absolute Gasteiger partial charge is 0.457 e. The zero-order chi connectivity index (χ0) is 19.2. The third-order valence-corrected chi connectivity index (χ3v) is 3.97. The maximum Gasteiger partial charge on any atom is 0.306 e. The van der Waals surface area contributed by atoms with Crippen molar-refractivity contribution in [3.05, 3.63) is 76.1 Å². The molecule has 0 amide bonds. The van der Waals surface area contributed by atoms with E-state index in [9.17, 15) is 18.8 Å². The summed E-state index contributed by atoms with van der Waals surface area (Å²) in [4.78, 5) is 42.7. The molecule has 0 aliphatic rings. The lowest BCUT2D eigenvalue weighted by molar-refractivity contribution is -0.142. The summed E-state index contributed by atoms with van der Waals surface area (Å²) in [6.07, 6.45) is 0.883. The first kappa shape index (κ1) is 18.4. The fourth-order valence-electron chi connectivity index (χ4n) is 2.62. The van der Waals surface area contributed by atoms with Crippen LogP contribution in [0.3, 0.4) is 0 Å². The Kier molecular flexibility index (Phi) is 5.71. The molecule has 1 N–H and O–H groups in total. The zero-order valence-corrected chi connectivity index (χ0v) is 14.4. The average molecular weight is 368 g/mol. The Labute approximate surface area is 154 Å². The highest BCUT2D eigenvalue weighted by atomic mass is 19.1. The van der Waals surface area contributed by atoms with E-state index in [1.807, 2.05) is 0 Å². The van der Waals surface area contributed by atoms with E-state index in [2.05, 4.69) is 9.97 Å². The van der Waals surface area contributed by atoms with E-state index >= 15 is 0 Å². The number of halogens is 1. The molecule has 0 aliphatic carbocycles. The second-order valence-electron chi connectivity index (χ2n) is 5.98. The SMILES string of the molecule is O=C(CCCc1nc2ccccc2c(=O)[nH]1)OCC(=O)c1cccc(F)c1. The number of fused-ring (bicyclic) bond motifs is 1. The van der Waals surface area contributed by atoms with Gasteiger partial charge in [-0.25, -0.2) is 9.37 Å². The summed E-state index contributed by atoms with van der Waals surface area (Å²) in [6.45, 7) is -0.437. The van der Waals surface area contributed by atoms with Crippen LogP contribution in [-0.4, -0.2) is 28.3 Å². The number of carbonyl (C=O) groups is 2. The maximum absolute atomic E-state index is 13.1. The predicted molar refractivity (Wildman–Crippen MR) is 97.0 cm³/mol. The van der Waals surface area contributed by atoms with Gasteiger partial charge in [-0.15, -0.1) is 0 Å². The van der Waals surface area contributed by atoms with E-state index < -0.39 is 24.2 Å². The molecule has 27 heavy (non-hydrogen) atoms. The minimum Gasteiger partial charge on any atom is -0.457 e. The standard InChI is InChI=1S/C20H17FN2O4/c21-14-6-3-5-13(11-14)17(24)12-27-19(25)10-4-9-18-22-16-8-2-1-7-15(16)20(26)23-18/h1-3,5-8,11H,4,9-10,12H2,(H,22,23,26). The normalized spacial score (nSPS) is 10.7. The second kappa shape index (κ2) is 8.35. The van der Waals surface area contributed by atoms with Crippen molar-refractivity contribution in [2.75, 3.05) is 6.61 Å². The Morgan fingerprint density at radius 3 is 2.74 bits per heavy atom. The van der Waals surface area contributed by atoms with E-state index in [1.54, 1.807) is 24.3 Å². The summed E-state index contributed by atoms with van der Waals surface area (Å²) in [5.74, 6) is -1.04. The quantitative estimate of drug-likeness (QED) is 0.512. The Hall–Kier alpha value is -3.35. The minimum absolute atomic E-state index is 0.0764. The monoisotopic (exact) mass is 368 g/mol. The molecule has 1 aromatic heterocycles. The number of esters is 1. The molecule has 0 bridgehead atoms. The van der Waals surface area contributed by atoms with E-state index in [1.165, 1.54) is 18.2 Å². The number of Topliss-reactive ketones (excluding diaryl/α,β-unsaturated/α-hetero) is 1. The summed E-state index contributed by atoms with van der Waals surface area (Å²) in [5.41, 5.74) is 0.527. The van der Waals surface area contributed by atoms with Crippen molar-refractivity contribution in [1.29, 1.82) is 0 Å². The van der Waals surface area contributed by atoms with E-state index in [-0.39, 0.29) is 17.5 Å². The number of hydrogen-bond acceptors (Lipinski definition) is 5. The van der Waals surface area contributed by atoms with Crippen LogP contribution in [0.4, 0.5) is 4.39 Å². The van der Waals surface area contributed by atoms with Crippen LogP contribution in [0.1, 0.15) is 29.0 Å². The summed E-state index contributed by atoms with van der Waals surface area (Å²) < 4.78 is 18.0. The molecule has 0 saturated heterocycles. The number of ketones is 1. The van der Waals surface area contributed by atoms with Gasteiger partial charge in [-0.2, -0.15) is 0 Å². The first-order chi connectivity index (χ1) is 13.0. The fourth-order valence-corrected chi connectivity index (χ4v) is 2.62. The summed E-state index contributed by atoms with van der Waals surface area (Å²) >= 11 is 0. The van der Waals surface area contributed by atoms with Crippen molar-refractivity contribution in [2.45, 2.75) is 19.3 Å². The van der Waals surface area contributed by atoms with Gasteiger partial charge in [-0.05, 0) is 30.7 Å². The first-order valence-corrected chi connectivity index (χ1v) is 8.45. The van der Waals surface area contributed by atoms with Crippen LogP contribution in [-0.2, 0) is 16.0 Å². The van der Waals surface area contributed by atoms with Crippen molar-refractivity contribution >= 4 is 22.7 Å². The van der Waals surface area contributed by atoms with Crippen LogP contribution < -0.4 is 5.56 Å². The molecule has 0 spiro atoms. The highest BCUT2D eigenvalue weighted by Gasteiger charge is 2.11. The molecule has 7 heteroatoms. The number of hydrogen-bond donors (Lipinski definition) is 1. The van der Waals surface area contributed by atoms with Crippen LogP contribution in [0.5, 0.6) is 0 Å². The smallest absolute Gasteiger partial charge is 0.306 e. The number of benzene rings is 2. The number of aromatic nitrogens is 2. The topological polar surface area (TPSA) is 89.1 Å². The average Bonchev–Trinajstić information content (AvgIpc) is 2.66. The number of para-hydroxylation sites is 1. The number of carbonyl (C=O) groups excluding carboxylic acids is 2. The van der Waals surface area contributed by atoms with Crippen LogP contribution in [0, 0.1) is 5.82 Å². The van der Waals surface area contributed by atoms with Crippen molar-refractivity contribution in [2.24, 2.45) is 0 Å². The number of aryl methyl sites for hydroxylation is 1. The molecule has 0 unspecified atom stereocenters. The van der Waals surface area contributed by atoms with Gasteiger partial charge in [0.15, 0.2) is 12.4 Å². The molecule has 1 heterocycles. The van der Waals surface area contributed by atoms with Crippen molar-refractivity contribution in [1.82, 2.24) is 9.97 Å².